The van der Waals surface area contributed by atoms with Gasteiger partial charge in [0, 0.05) is 6.42 Å². The van der Waals surface area contributed by atoms with Crippen LogP contribution in [0.1, 0.15) is 213 Å². The molecule has 6 heteroatoms. The maximum atomic E-state index is 13.1. The normalized spacial score (nSPS) is 14.1. The van der Waals surface area contributed by atoms with Crippen molar-refractivity contribution in [1.29, 1.82) is 0 Å². The summed E-state index contributed by atoms with van der Waals surface area (Å²) in [4.78, 5) is 26.0. The van der Waals surface area contributed by atoms with Gasteiger partial charge >= 0.3 is 5.97 Å². The van der Waals surface area contributed by atoms with Gasteiger partial charge < -0.3 is 20.3 Å². The van der Waals surface area contributed by atoms with Crippen LogP contribution in [0.3, 0.4) is 0 Å². The Labute approximate surface area is 363 Å². The second-order valence-corrected chi connectivity index (χ2v) is 16.1. The SMILES string of the molecule is CC/C=C\C/C=C\C/C=C\C/C=C\C/C=C\CCCCCC(=O)OC(CCCCCCC/C=C/C/C=C/CC)CC(=O)NC(CO)C(O)CCCCCCCCCCC. The summed E-state index contributed by atoms with van der Waals surface area (Å²) in [6.07, 6.45) is 59.3. The quantitative estimate of drug-likeness (QED) is 0.0324. The summed E-state index contributed by atoms with van der Waals surface area (Å²) in [7, 11) is 0. The molecule has 3 atom stereocenters. The van der Waals surface area contributed by atoms with Gasteiger partial charge in [-0.3, -0.25) is 9.59 Å². The van der Waals surface area contributed by atoms with Crippen LogP contribution in [0.5, 0.6) is 0 Å². The maximum Gasteiger partial charge on any atom is 0.306 e. The van der Waals surface area contributed by atoms with Gasteiger partial charge in [0.05, 0.1) is 25.2 Å². The van der Waals surface area contributed by atoms with Crippen LogP contribution < -0.4 is 5.32 Å². The summed E-state index contributed by atoms with van der Waals surface area (Å²) in [5, 5.41) is 23.6. The smallest absolute Gasteiger partial charge is 0.306 e. The fourth-order valence-electron chi connectivity index (χ4n) is 6.85. The second-order valence-electron chi connectivity index (χ2n) is 16.1. The first kappa shape index (κ1) is 56.0. The molecule has 3 N–H and O–H groups in total. The van der Waals surface area contributed by atoms with Crippen molar-refractivity contribution in [1.82, 2.24) is 5.32 Å². The minimum absolute atomic E-state index is 0.0499. The summed E-state index contributed by atoms with van der Waals surface area (Å²) < 4.78 is 5.90. The van der Waals surface area contributed by atoms with E-state index in [0.717, 1.165) is 122 Å². The van der Waals surface area contributed by atoms with Crippen molar-refractivity contribution in [2.45, 2.75) is 232 Å². The number of carbonyl (C=O) groups is 2. The Morgan fingerprint density at radius 1 is 0.508 bits per heavy atom. The third kappa shape index (κ3) is 41.6. The summed E-state index contributed by atoms with van der Waals surface area (Å²) in [5.41, 5.74) is 0. The van der Waals surface area contributed by atoms with Crippen LogP contribution in [0.15, 0.2) is 85.1 Å². The molecular formula is C53H91NO5. The van der Waals surface area contributed by atoms with Crippen molar-refractivity contribution < 1.29 is 24.5 Å². The van der Waals surface area contributed by atoms with Gasteiger partial charge in [0.1, 0.15) is 6.10 Å². The third-order valence-electron chi connectivity index (χ3n) is 10.5. The number of nitrogens with one attached hydrogen (secondary N) is 1. The summed E-state index contributed by atoms with van der Waals surface area (Å²) in [5.74, 6) is -0.534. The van der Waals surface area contributed by atoms with Crippen LogP contribution in [-0.2, 0) is 14.3 Å². The molecule has 0 aliphatic carbocycles. The highest BCUT2D eigenvalue weighted by Crippen LogP contribution is 2.17. The molecule has 0 aromatic rings. The van der Waals surface area contributed by atoms with E-state index in [4.69, 9.17) is 4.74 Å². The molecular weight excluding hydrogens is 731 g/mol. The van der Waals surface area contributed by atoms with Gasteiger partial charge in [0.15, 0.2) is 0 Å². The van der Waals surface area contributed by atoms with Crippen LogP contribution in [-0.4, -0.2) is 46.9 Å². The Bertz CT molecular complexity index is 1150. The van der Waals surface area contributed by atoms with Crippen molar-refractivity contribution in [3.63, 3.8) is 0 Å². The van der Waals surface area contributed by atoms with Gasteiger partial charge in [-0.05, 0) is 96.3 Å². The molecule has 0 heterocycles. The van der Waals surface area contributed by atoms with E-state index in [1.807, 2.05) is 0 Å². The monoisotopic (exact) mass is 822 g/mol. The van der Waals surface area contributed by atoms with Crippen molar-refractivity contribution >= 4 is 11.9 Å². The Morgan fingerprint density at radius 2 is 0.915 bits per heavy atom. The first-order chi connectivity index (χ1) is 29.0. The van der Waals surface area contributed by atoms with Gasteiger partial charge in [-0.15, -0.1) is 0 Å². The van der Waals surface area contributed by atoms with E-state index in [2.05, 4.69) is 111 Å². The van der Waals surface area contributed by atoms with Gasteiger partial charge in [0.25, 0.3) is 0 Å². The van der Waals surface area contributed by atoms with Gasteiger partial charge in [-0.2, -0.15) is 0 Å². The number of rotatable bonds is 42. The highest BCUT2D eigenvalue weighted by atomic mass is 16.5. The molecule has 6 nitrogen and oxygen atoms in total. The van der Waals surface area contributed by atoms with Crippen molar-refractivity contribution in [3.8, 4) is 0 Å². The molecule has 3 unspecified atom stereocenters. The highest BCUT2D eigenvalue weighted by Gasteiger charge is 2.24. The predicted octanol–water partition coefficient (Wildman–Crippen LogP) is 14.4. The molecule has 0 saturated carbocycles. The topological polar surface area (TPSA) is 95.9 Å². The fraction of sp³-hybridized carbons (Fsp3) is 0.698. The Balaban J connectivity index is 4.64. The van der Waals surface area contributed by atoms with E-state index < -0.39 is 18.2 Å². The summed E-state index contributed by atoms with van der Waals surface area (Å²) >= 11 is 0. The zero-order chi connectivity index (χ0) is 43.1. The lowest BCUT2D eigenvalue weighted by Gasteiger charge is -2.24. The van der Waals surface area contributed by atoms with Crippen LogP contribution in [0.25, 0.3) is 0 Å². The lowest BCUT2D eigenvalue weighted by Crippen LogP contribution is -2.46. The largest absolute Gasteiger partial charge is 0.462 e. The molecule has 0 spiro atoms. The van der Waals surface area contributed by atoms with Crippen molar-refractivity contribution in [2.75, 3.05) is 6.61 Å². The first-order valence-electron chi connectivity index (χ1n) is 24.3. The first-order valence-corrected chi connectivity index (χ1v) is 24.3. The lowest BCUT2D eigenvalue weighted by atomic mass is 10.0. The van der Waals surface area contributed by atoms with E-state index >= 15 is 0 Å². The van der Waals surface area contributed by atoms with E-state index in [1.165, 1.54) is 44.9 Å². The molecule has 59 heavy (non-hydrogen) atoms. The maximum absolute atomic E-state index is 13.1. The van der Waals surface area contributed by atoms with Crippen molar-refractivity contribution in [2.24, 2.45) is 0 Å². The summed E-state index contributed by atoms with van der Waals surface area (Å²) in [6.45, 7) is 6.22. The fourth-order valence-corrected chi connectivity index (χ4v) is 6.85. The third-order valence-corrected chi connectivity index (χ3v) is 10.5. The minimum atomic E-state index is -0.799. The number of hydrogen-bond donors (Lipinski definition) is 3. The Kier molecular flexibility index (Phi) is 43.8. The molecule has 0 aromatic heterocycles. The number of carbonyl (C=O) groups excluding carboxylic acids is 2. The zero-order valence-corrected chi connectivity index (χ0v) is 38.4. The highest BCUT2D eigenvalue weighted by molar-refractivity contribution is 5.77. The average molecular weight is 822 g/mol. The second kappa shape index (κ2) is 46.1. The number of unbranched alkanes of at least 4 members (excludes halogenated alkanes) is 16. The Morgan fingerprint density at radius 3 is 1.39 bits per heavy atom. The van der Waals surface area contributed by atoms with E-state index in [0.29, 0.717) is 19.3 Å². The molecule has 0 radical (unpaired) electrons. The zero-order valence-electron chi connectivity index (χ0n) is 38.4. The van der Waals surface area contributed by atoms with Crippen LogP contribution in [0.4, 0.5) is 0 Å². The van der Waals surface area contributed by atoms with Gasteiger partial charge in [0.2, 0.25) is 5.91 Å². The number of hydrogen-bond acceptors (Lipinski definition) is 5. The molecule has 0 aliphatic heterocycles. The molecule has 0 bridgehead atoms. The lowest BCUT2D eigenvalue weighted by molar-refractivity contribution is -0.151. The minimum Gasteiger partial charge on any atom is -0.462 e. The molecule has 0 fully saturated rings. The molecule has 0 aromatic carbocycles. The van der Waals surface area contributed by atoms with Crippen LogP contribution in [0, 0.1) is 0 Å². The standard InChI is InChI=1S/C53H91NO5/c1-4-7-10-13-16-19-21-23-24-25-26-27-28-29-31-34-37-40-43-46-53(58)59-49(44-41-38-35-33-30-22-20-17-14-11-8-5-2)47-52(57)54-50(48-55)51(56)45-42-39-36-32-18-15-12-9-6-3/h7-8,10-11,16-17,19-20,23-24,26-27,29,31,49-51,55-56H,4-6,9,12-15,18,21-22,25,28,30,32-48H2,1-3H3,(H,54,57)/b10-7-,11-8+,19-16-,20-17+,24-23-,27-26-,31-29-. The Hall–Kier alpha value is -2.96. The molecule has 0 rings (SSSR count). The number of esters is 1. The van der Waals surface area contributed by atoms with Crippen LogP contribution in [0.2, 0.25) is 0 Å². The van der Waals surface area contributed by atoms with E-state index in [1.54, 1.807) is 0 Å². The number of amides is 1. The van der Waals surface area contributed by atoms with E-state index in [9.17, 15) is 19.8 Å². The van der Waals surface area contributed by atoms with Gasteiger partial charge in [-0.1, -0.05) is 189 Å². The molecule has 338 valence electrons. The number of aliphatic hydroxyl groups excluding tert-OH is 2. The number of aliphatic hydroxyl groups is 2. The number of ether oxygens (including phenoxy) is 1. The average Bonchev–Trinajstić information content (AvgIpc) is 3.23. The number of allylic oxidation sites excluding steroid dienone is 14. The molecule has 0 aliphatic rings. The molecule has 1 amide bonds. The van der Waals surface area contributed by atoms with Crippen LogP contribution >= 0.6 is 0 Å². The van der Waals surface area contributed by atoms with E-state index in [-0.39, 0.29) is 24.9 Å². The summed E-state index contributed by atoms with van der Waals surface area (Å²) in [6, 6.07) is -0.715. The predicted molar refractivity (Wildman–Crippen MR) is 254 cm³/mol. The van der Waals surface area contributed by atoms with Crippen molar-refractivity contribution in [3.05, 3.63) is 85.1 Å². The molecule has 0 saturated heterocycles. The van der Waals surface area contributed by atoms with Gasteiger partial charge in [-0.25, -0.2) is 0 Å².